The lowest BCUT2D eigenvalue weighted by molar-refractivity contribution is 0.145. The number of imide groups is 1. The second kappa shape index (κ2) is 4.92. The molecule has 0 heterocycles. The summed E-state index contributed by atoms with van der Waals surface area (Å²) in [7, 11) is 0. The fourth-order valence-corrected chi connectivity index (χ4v) is 0.801. The van der Waals surface area contributed by atoms with Crippen molar-refractivity contribution in [3.05, 3.63) is 35.9 Å². The Bertz CT molecular complexity index is 284. The van der Waals surface area contributed by atoms with E-state index in [1.165, 1.54) is 6.41 Å². The number of ether oxygens (including phenoxy) is 1. The van der Waals surface area contributed by atoms with Gasteiger partial charge in [-0.25, -0.2) is 4.79 Å². The molecule has 0 unspecified atom stereocenters. The molecule has 1 rings (SSSR count). The second-order valence-corrected chi connectivity index (χ2v) is 2.29. The Morgan fingerprint density at radius 2 is 2.08 bits per heavy atom. The highest BCUT2D eigenvalue weighted by molar-refractivity contribution is 5.79. The Kier molecular flexibility index (Phi) is 3.50. The van der Waals surface area contributed by atoms with Gasteiger partial charge in [-0.05, 0) is 5.56 Å². The van der Waals surface area contributed by atoms with Gasteiger partial charge in [-0.1, -0.05) is 30.3 Å². The van der Waals surface area contributed by atoms with E-state index in [-0.39, 0.29) is 6.61 Å². The van der Waals surface area contributed by atoms with E-state index >= 15 is 0 Å². The number of nitrogens with one attached hydrogen (secondary N) is 1. The molecule has 0 bridgehead atoms. The van der Waals surface area contributed by atoms with Crippen LogP contribution in [0.3, 0.4) is 0 Å². The van der Waals surface area contributed by atoms with E-state index in [2.05, 4.69) is 4.74 Å². The number of hydrogen-bond acceptors (Lipinski definition) is 3. The quantitative estimate of drug-likeness (QED) is 0.702. The molecule has 1 radical (unpaired) electrons. The van der Waals surface area contributed by atoms with Crippen LogP contribution >= 0.6 is 0 Å². The van der Waals surface area contributed by atoms with Crippen molar-refractivity contribution in [1.82, 2.24) is 5.32 Å². The second-order valence-electron chi connectivity index (χ2n) is 2.29. The van der Waals surface area contributed by atoms with Crippen molar-refractivity contribution in [3.8, 4) is 0 Å². The maximum Gasteiger partial charge on any atom is 0.414 e. The van der Waals surface area contributed by atoms with Crippen LogP contribution in [0.2, 0.25) is 0 Å². The summed E-state index contributed by atoms with van der Waals surface area (Å²) in [6.45, 7) is 0.147. The highest BCUT2D eigenvalue weighted by Gasteiger charge is 1.99. The first kappa shape index (κ1) is 9.25. The van der Waals surface area contributed by atoms with Crippen LogP contribution in [-0.4, -0.2) is 12.5 Å². The van der Waals surface area contributed by atoms with E-state index in [0.717, 1.165) is 5.56 Å². The molecule has 0 saturated carbocycles. The predicted octanol–water partition coefficient (Wildman–Crippen LogP) is 0.980. The van der Waals surface area contributed by atoms with Crippen LogP contribution < -0.4 is 5.32 Å². The molecule has 1 aromatic carbocycles. The highest BCUT2D eigenvalue weighted by Crippen LogP contribution is 1.99. The van der Waals surface area contributed by atoms with Crippen LogP contribution in [0.25, 0.3) is 0 Å². The standard InChI is InChI=1S/C9H8NO3/c11-7-10-9(12)13-6-8-4-2-1-3-5-8/h1-5H,6H2,(H,10,11,12). The van der Waals surface area contributed by atoms with Crippen LogP contribution in [0.5, 0.6) is 0 Å². The Labute approximate surface area is 75.5 Å². The number of carbonyl (C=O) groups excluding carboxylic acids is 2. The van der Waals surface area contributed by atoms with Gasteiger partial charge >= 0.3 is 12.5 Å². The summed E-state index contributed by atoms with van der Waals surface area (Å²) >= 11 is 0. The van der Waals surface area contributed by atoms with Gasteiger partial charge in [0.25, 0.3) is 0 Å². The van der Waals surface area contributed by atoms with Gasteiger partial charge in [-0.15, -0.1) is 0 Å². The number of rotatable bonds is 3. The minimum atomic E-state index is -0.793. The molecule has 0 fully saturated rings. The molecule has 0 aliphatic rings. The van der Waals surface area contributed by atoms with Crippen molar-refractivity contribution in [2.45, 2.75) is 6.61 Å². The van der Waals surface area contributed by atoms with Gasteiger partial charge in [0.15, 0.2) is 0 Å². The normalized spacial score (nSPS) is 8.92. The topological polar surface area (TPSA) is 55.4 Å². The monoisotopic (exact) mass is 178 g/mol. The van der Waals surface area contributed by atoms with Crippen molar-refractivity contribution >= 4 is 12.5 Å². The third-order valence-corrected chi connectivity index (χ3v) is 1.37. The number of hydrogen-bond donors (Lipinski definition) is 1. The van der Waals surface area contributed by atoms with Crippen molar-refractivity contribution < 1.29 is 14.3 Å². The molecule has 1 aromatic rings. The fourth-order valence-electron chi connectivity index (χ4n) is 0.801. The van der Waals surface area contributed by atoms with E-state index < -0.39 is 6.09 Å². The molecule has 4 nitrogen and oxygen atoms in total. The van der Waals surface area contributed by atoms with Crippen LogP contribution in [0.4, 0.5) is 4.79 Å². The summed E-state index contributed by atoms with van der Waals surface area (Å²) in [6, 6.07) is 9.17. The Morgan fingerprint density at radius 3 is 2.69 bits per heavy atom. The lowest BCUT2D eigenvalue weighted by Crippen LogP contribution is -2.21. The number of benzene rings is 1. The van der Waals surface area contributed by atoms with Gasteiger partial charge in [0, 0.05) is 0 Å². The molecule has 0 aliphatic carbocycles. The molecule has 4 heteroatoms. The van der Waals surface area contributed by atoms with Crippen LogP contribution in [0.15, 0.2) is 30.3 Å². The fraction of sp³-hybridized carbons (Fsp3) is 0.111. The lowest BCUT2D eigenvalue weighted by atomic mass is 10.2. The van der Waals surface area contributed by atoms with Gasteiger partial charge in [0.1, 0.15) is 6.61 Å². The molecule has 67 valence electrons. The van der Waals surface area contributed by atoms with Crippen molar-refractivity contribution in [2.24, 2.45) is 0 Å². The maximum atomic E-state index is 10.6. The predicted molar refractivity (Wildman–Crippen MR) is 45.5 cm³/mol. The third-order valence-electron chi connectivity index (χ3n) is 1.37. The zero-order chi connectivity index (χ0) is 9.52. The van der Waals surface area contributed by atoms with Crippen molar-refractivity contribution in [1.29, 1.82) is 0 Å². The lowest BCUT2D eigenvalue weighted by Gasteiger charge is -2.01. The molecule has 0 spiro atoms. The molecule has 1 N–H and O–H groups in total. The highest BCUT2D eigenvalue weighted by atomic mass is 16.5. The van der Waals surface area contributed by atoms with Gasteiger partial charge in [0.05, 0.1) is 0 Å². The van der Waals surface area contributed by atoms with E-state index in [1.54, 1.807) is 5.32 Å². The molecule has 0 saturated heterocycles. The smallest absolute Gasteiger partial charge is 0.414 e. The third kappa shape index (κ3) is 3.37. The summed E-state index contributed by atoms with van der Waals surface area (Å²) in [5.74, 6) is 0. The van der Waals surface area contributed by atoms with E-state index in [1.807, 2.05) is 30.3 Å². The van der Waals surface area contributed by atoms with E-state index in [0.29, 0.717) is 0 Å². The summed E-state index contributed by atoms with van der Waals surface area (Å²) in [4.78, 5) is 20.3. The summed E-state index contributed by atoms with van der Waals surface area (Å²) < 4.78 is 4.66. The van der Waals surface area contributed by atoms with Crippen LogP contribution in [0, 0.1) is 0 Å². The summed E-state index contributed by atoms with van der Waals surface area (Å²) in [5, 5.41) is 1.75. The molecule has 0 aliphatic heterocycles. The Morgan fingerprint density at radius 1 is 1.38 bits per heavy atom. The van der Waals surface area contributed by atoms with Crippen molar-refractivity contribution in [3.63, 3.8) is 0 Å². The van der Waals surface area contributed by atoms with Gasteiger partial charge in [0.2, 0.25) is 0 Å². The first-order valence-electron chi connectivity index (χ1n) is 3.67. The van der Waals surface area contributed by atoms with Crippen LogP contribution in [-0.2, 0) is 16.1 Å². The maximum absolute atomic E-state index is 10.6. The van der Waals surface area contributed by atoms with Gasteiger partial charge < -0.3 is 4.74 Å². The first-order valence-corrected chi connectivity index (χ1v) is 3.67. The summed E-state index contributed by atoms with van der Waals surface area (Å²) in [6.07, 6.45) is 0.436. The van der Waals surface area contributed by atoms with Gasteiger partial charge in [-0.2, -0.15) is 0 Å². The molecular weight excluding hydrogens is 170 g/mol. The molecular formula is C9H8NO3. The van der Waals surface area contributed by atoms with E-state index in [9.17, 15) is 9.59 Å². The zero-order valence-electron chi connectivity index (χ0n) is 6.82. The Balaban J connectivity index is 2.35. The van der Waals surface area contributed by atoms with E-state index in [4.69, 9.17) is 0 Å². The SMILES string of the molecule is O=[C]NC(=O)OCc1ccccc1. The average molecular weight is 178 g/mol. The molecule has 13 heavy (non-hydrogen) atoms. The molecule has 0 atom stereocenters. The minimum absolute atomic E-state index is 0.147. The Hall–Kier alpha value is -1.84. The largest absolute Gasteiger partial charge is 0.444 e. The first-order chi connectivity index (χ1) is 6.33. The summed E-state index contributed by atoms with van der Waals surface area (Å²) in [5.41, 5.74) is 0.864. The average Bonchev–Trinajstić information content (AvgIpc) is 2.17. The number of alkyl carbamates (subject to hydrolysis) is 1. The van der Waals surface area contributed by atoms with Crippen molar-refractivity contribution in [2.75, 3.05) is 0 Å². The number of amides is 2. The molecule has 2 amide bonds. The zero-order valence-corrected chi connectivity index (χ0v) is 6.82. The number of carbonyl (C=O) groups is 1. The minimum Gasteiger partial charge on any atom is -0.444 e. The molecule has 0 aromatic heterocycles. The van der Waals surface area contributed by atoms with Gasteiger partial charge in [-0.3, -0.25) is 10.1 Å². The van der Waals surface area contributed by atoms with Crippen LogP contribution in [0.1, 0.15) is 5.56 Å².